The minimum Gasteiger partial charge on any atom is -0.508 e. The second kappa shape index (κ2) is 6.58. The van der Waals surface area contributed by atoms with Gasteiger partial charge >= 0.3 is 0 Å². The Hall–Kier alpha value is -2.84. The van der Waals surface area contributed by atoms with Crippen molar-refractivity contribution in [3.8, 4) is 5.75 Å². The lowest BCUT2D eigenvalue weighted by Gasteiger charge is -2.36. The number of anilines is 1. The Kier molecular flexibility index (Phi) is 4.47. The molecule has 1 amide bonds. The molecule has 1 aliphatic rings. The van der Waals surface area contributed by atoms with Gasteiger partial charge in [0.15, 0.2) is 0 Å². The molecule has 1 saturated heterocycles. The van der Waals surface area contributed by atoms with E-state index >= 15 is 0 Å². The van der Waals surface area contributed by atoms with Crippen LogP contribution in [-0.4, -0.2) is 47.1 Å². The van der Waals surface area contributed by atoms with Crippen molar-refractivity contribution in [1.29, 1.82) is 0 Å². The van der Waals surface area contributed by atoms with Crippen LogP contribution in [0.1, 0.15) is 10.4 Å². The van der Waals surface area contributed by atoms with E-state index in [1.54, 1.807) is 0 Å². The first-order valence-corrected chi connectivity index (χ1v) is 7.41. The van der Waals surface area contributed by atoms with Crippen molar-refractivity contribution >= 4 is 11.6 Å². The van der Waals surface area contributed by atoms with Gasteiger partial charge in [-0.05, 0) is 18.2 Å². The number of halogens is 4. The molecule has 0 unspecified atom stereocenters. The molecule has 2 heterocycles. The van der Waals surface area contributed by atoms with E-state index in [0.717, 1.165) is 4.90 Å². The Morgan fingerprint density at radius 3 is 2.16 bits per heavy atom. The molecule has 132 valence electrons. The molecular weight excluding hydrogens is 342 g/mol. The van der Waals surface area contributed by atoms with Crippen LogP contribution in [0.4, 0.5) is 23.2 Å². The molecule has 0 radical (unpaired) electrons. The SMILES string of the molecule is O=C(c1cccc(O)c1)N1CCN(c2c(F)c(F)nc(F)c2F)CC1. The number of phenols is 1. The molecule has 0 bridgehead atoms. The fourth-order valence-corrected chi connectivity index (χ4v) is 2.71. The zero-order valence-electron chi connectivity index (χ0n) is 12.8. The summed E-state index contributed by atoms with van der Waals surface area (Å²) in [4.78, 5) is 17.4. The minimum atomic E-state index is -1.72. The molecule has 1 fully saturated rings. The summed E-state index contributed by atoms with van der Waals surface area (Å²) < 4.78 is 54.1. The van der Waals surface area contributed by atoms with E-state index in [4.69, 9.17) is 0 Å². The van der Waals surface area contributed by atoms with Crippen molar-refractivity contribution in [2.75, 3.05) is 31.1 Å². The van der Waals surface area contributed by atoms with Crippen LogP contribution in [-0.2, 0) is 0 Å². The maximum Gasteiger partial charge on any atom is 0.254 e. The van der Waals surface area contributed by atoms with E-state index in [2.05, 4.69) is 4.98 Å². The number of hydrogen-bond acceptors (Lipinski definition) is 4. The number of phenolic OH excluding ortho intramolecular Hbond substituents is 1. The Bertz CT molecular complexity index is 797. The molecule has 1 N–H and O–H groups in total. The van der Waals surface area contributed by atoms with Crippen LogP contribution < -0.4 is 4.90 Å². The second-order valence-electron chi connectivity index (χ2n) is 5.50. The van der Waals surface area contributed by atoms with Gasteiger partial charge in [0.2, 0.25) is 11.6 Å². The summed E-state index contributed by atoms with van der Waals surface area (Å²) in [6.45, 7) is 0.167. The van der Waals surface area contributed by atoms with Crippen LogP contribution in [0.2, 0.25) is 0 Å². The van der Waals surface area contributed by atoms with Crippen molar-refractivity contribution in [3.63, 3.8) is 0 Å². The minimum absolute atomic E-state index is 0.0126. The lowest BCUT2D eigenvalue weighted by molar-refractivity contribution is 0.0746. The molecule has 9 heteroatoms. The number of rotatable bonds is 2. The van der Waals surface area contributed by atoms with Crippen molar-refractivity contribution in [1.82, 2.24) is 9.88 Å². The smallest absolute Gasteiger partial charge is 0.254 e. The molecule has 2 aromatic rings. The Morgan fingerprint density at radius 1 is 1.00 bits per heavy atom. The predicted octanol–water partition coefficient (Wildman–Crippen LogP) is 2.31. The number of hydrogen-bond donors (Lipinski definition) is 1. The monoisotopic (exact) mass is 355 g/mol. The highest BCUT2D eigenvalue weighted by Gasteiger charge is 2.29. The third kappa shape index (κ3) is 3.21. The fourth-order valence-electron chi connectivity index (χ4n) is 2.71. The number of aromatic nitrogens is 1. The van der Waals surface area contributed by atoms with E-state index in [0.29, 0.717) is 0 Å². The van der Waals surface area contributed by atoms with Crippen LogP contribution in [0.25, 0.3) is 0 Å². The summed E-state index contributed by atoms with van der Waals surface area (Å²) in [7, 11) is 0. The molecule has 1 aromatic heterocycles. The molecular formula is C16H13F4N3O2. The molecule has 3 rings (SSSR count). The highest BCUT2D eigenvalue weighted by molar-refractivity contribution is 5.94. The number of pyridine rings is 1. The first-order valence-electron chi connectivity index (χ1n) is 7.41. The predicted molar refractivity (Wildman–Crippen MR) is 80.3 cm³/mol. The van der Waals surface area contributed by atoms with Gasteiger partial charge in [-0.1, -0.05) is 6.07 Å². The van der Waals surface area contributed by atoms with Gasteiger partial charge in [0, 0.05) is 31.7 Å². The van der Waals surface area contributed by atoms with E-state index in [1.807, 2.05) is 0 Å². The summed E-state index contributed by atoms with van der Waals surface area (Å²) in [5.41, 5.74) is -0.554. The topological polar surface area (TPSA) is 56.7 Å². The van der Waals surface area contributed by atoms with Gasteiger partial charge in [-0.2, -0.15) is 22.5 Å². The number of nitrogens with zero attached hydrogens (tertiary/aromatic N) is 3. The summed E-state index contributed by atoms with van der Waals surface area (Å²) in [6, 6.07) is 5.78. The molecule has 5 nitrogen and oxygen atoms in total. The van der Waals surface area contributed by atoms with Crippen LogP contribution >= 0.6 is 0 Å². The molecule has 25 heavy (non-hydrogen) atoms. The molecule has 0 atom stereocenters. The fraction of sp³-hybridized carbons (Fsp3) is 0.250. The normalized spacial score (nSPS) is 14.7. The van der Waals surface area contributed by atoms with Gasteiger partial charge < -0.3 is 14.9 Å². The third-order valence-electron chi connectivity index (χ3n) is 3.95. The summed E-state index contributed by atoms with van der Waals surface area (Å²) in [5, 5.41) is 9.42. The van der Waals surface area contributed by atoms with Gasteiger partial charge in [-0.25, -0.2) is 0 Å². The van der Waals surface area contributed by atoms with Crippen LogP contribution in [0.5, 0.6) is 5.75 Å². The number of carbonyl (C=O) groups is 1. The van der Waals surface area contributed by atoms with E-state index in [9.17, 15) is 27.5 Å². The molecule has 0 aliphatic carbocycles. The van der Waals surface area contributed by atoms with Crippen molar-refractivity contribution in [2.45, 2.75) is 0 Å². The number of piperazine rings is 1. The Balaban J connectivity index is 1.76. The van der Waals surface area contributed by atoms with Crippen LogP contribution in [0.15, 0.2) is 24.3 Å². The summed E-state index contributed by atoms with van der Waals surface area (Å²) in [5.74, 6) is -6.97. The molecule has 0 spiro atoms. The standard InChI is InChI=1S/C16H13F4N3O2/c17-11-13(12(18)15(20)21-14(11)19)22-4-6-23(7-5-22)16(25)9-2-1-3-10(24)8-9/h1-3,8,24H,4-7H2. The maximum atomic E-state index is 13.8. The molecule has 0 saturated carbocycles. The zero-order chi connectivity index (χ0) is 18.1. The highest BCUT2D eigenvalue weighted by Crippen LogP contribution is 2.27. The van der Waals surface area contributed by atoms with E-state index < -0.39 is 29.2 Å². The largest absolute Gasteiger partial charge is 0.508 e. The quantitative estimate of drug-likeness (QED) is 0.664. The average Bonchev–Trinajstić information content (AvgIpc) is 2.60. The van der Waals surface area contributed by atoms with Gasteiger partial charge in [-0.15, -0.1) is 0 Å². The number of carbonyl (C=O) groups excluding carboxylic acids is 1. The first kappa shape index (κ1) is 17.0. The van der Waals surface area contributed by atoms with E-state index in [1.165, 1.54) is 29.2 Å². The highest BCUT2D eigenvalue weighted by atomic mass is 19.2. The molecule has 1 aliphatic heterocycles. The molecule has 1 aromatic carbocycles. The van der Waals surface area contributed by atoms with Gasteiger partial charge in [0.05, 0.1) is 0 Å². The maximum absolute atomic E-state index is 13.8. The second-order valence-corrected chi connectivity index (χ2v) is 5.50. The van der Waals surface area contributed by atoms with Gasteiger partial charge in [-0.3, -0.25) is 4.79 Å². The third-order valence-corrected chi connectivity index (χ3v) is 3.95. The van der Waals surface area contributed by atoms with Gasteiger partial charge in [0.25, 0.3) is 17.8 Å². The first-order chi connectivity index (χ1) is 11.9. The zero-order valence-corrected chi connectivity index (χ0v) is 12.8. The summed E-state index contributed by atoms with van der Waals surface area (Å²) >= 11 is 0. The lowest BCUT2D eigenvalue weighted by atomic mass is 10.1. The van der Waals surface area contributed by atoms with Crippen LogP contribution in [0, 0.1) is 23.5 Å². The van der Waals surface area contributed by atoms with Gasteiger partial charge in [0.1, 0.15) is 11.4 Å². The van der Waals surface area contributed by atoms with Crippen LogP contribution in [0.3, 0.4) is 0 Å². The number of amides is 1. The van der Waals surface area contributed by atoms with E-state index in [-0.39, 0.29) is 43.4 Å². The Morgan fingerprint density at radius 2 is 1.60 bits per heavy atom. The lowest BCUT2D eigenvalue weighted by Crippen LogP contribution is -2.49. The average molecular weight is 355 g/mol. The number of benzene rings is 1. The Labute approximate surface area is 140 Å². The van der Waals surface area contributed by atoms with Crippen molar-refractivity contribution < 1.29 is 27.5 Å². The summed E-state index contributed by atoms with van der Waals surface area (Å²) in [6.07, 6.45) is 0. The van der Waals surface area contributed by atoms with Crippen molar-refractivity contribution in [2.24, 2.45) is 0 Å². The number of aromatic hydroxyl groups is 1. The van der Waals surface area contributed by atoms with Crippen molar-refractivity contribution in [3.05, 3.63) is 53.4 Å².